The van der Waals surface area contributed by atoms with Gasteiger partial charge in [0.25, 0.3) is 0 Å². The number of hydrogen-bond acceptors (Lipinski definition) is 2. The number of rotatable bonds is 1. The molecule has 0 aromatic carbocycles. The minimum absolute atomic E-state index is 0. The van der Waals surface area contributed by atoms with Crippen LogP contribution in [0.3, 0.4) is 0 Å². The summed E-state index contributed by atoms with van der Waals surface area (Å²) in [6.45, 7) is 1.93. The van der Waals surface area contributed by atoms with E-state index in [0.29, 0.717) is 0 Å². The van der Waals surface area contributed by atoms with Crippen LogP contribution in [0.5, 0.6) is 0 Å². The molecular weight excluding hydrogens is 186 g/mol. The normalized spacial score (nSPS) is 12.5. The second-order valence-corrected chi connectivity index (χ2v) is 2.90. The predicted octanol–water partition coefficient (Wildman–Crippen LogP) is 1.78. The van der Waals surface area contributed by atoms with Crippen molar-refractivity contribution in [3.63, 3.8) is 0 Å². The van der Waals surface area contributed by atoms with Crippen LogP contribution >= 0.6 is 12.4 Å². The Morgan fingerprint density at radius 3 is 2.92 bits per heavy atom. The second kappa shape index (κ2) is 3.77. The topological polar surface area (TPSA) is 43.3 Å². The first kappa shape index (κ1) is 10.0. The van der Waals surface area contributed by atoms with Gasteiger partial charge in [-0.1, -0.05) is 6.07 Å². The van der Waals surface area contributed by atoms with Gasteiger partial charge < -0.3 is 10.1 Å². The lowest BCUT2D eigenvalue weighted by molar-refractivity contribution is 0.736. The maximum atomic E-state index is 5.74. The largest absolute Gasteiger partial charge is 0.322 e. The molecule has 0 bridgehead atoms. The van der Waals surface area contributed by atoms with Crippen LogP contribution in [0, 0.1) is 0 Å². The van der Waals surface area contributed by atoms with E-state index in [9.17, 15) is 0 Å². The Labute approximate surface area is 83.0 Å². The number of nitrogens with zero attached hydrogens (tertiary/aromatic N) is 2. The van der Waals surface area contributed by atoms with E-state index in [1.165, 1.54) is 0 Å². The van der Waals surface area contributed by atoms with Crippen LogP contribution in [-0.4, -0.2) is 9.38 Å². The maximum absolute atomic E-state index is 5.74. The molecule has 1 atom stereocenters. The fraction of sp³-hybridized carbons (Fsp3) is 0.222. The van der Waals surface area contributed by atoms with Gasteiger partial charge in [0.2, 0.25) is 0 Å². The van der Waals surface area contributed by atoms with Crippen LogP contribution in [0.4, 0.5) is 0 Å². The number of fused-ring (bicyclic) bond motifs is 1. The van der Waals surface area contributed by atoms with E-state index in [4.69, 9.17) is 5.73 Å². The zero-order valence-electron chi connectivity index (χ0n) is 7.34. The zero-order valence-corrected chi connectivity index (χ0v) is 8.16. The molecule has 0 fully saturated rings. The number of nitrogens with two attached hydrogens (primary N) is 1. The van der Waals surface area contributed by atoms with Crippen molar-refractivity contribution in [1.29, 1.82) is 0 Å². The summed E-state index contributed by atoms with van der Waals surface area (Å²) in [5, 5.41) is 0. The Kier molecular flexibility index (Phi) is 2.90. The number of pyridine rings is 1. The van der Waals surface area contributed by atoms with Crippen molar-refractivity contribution in [3.05, 3.63) is 36.4 Å². The van der Waals surface area contributed by atoms with Gasteiger partial charge in [-0.25, -0.2) is 4.98 Å². The monoisotopic (exact) mass is 197 g/mol. The highest BCUT2D eigenvalue weighted by Crippen LogP contribution is 2.10. The van der Waals surface area contributed by atoms with E-state index in [0.717, 1.165) is 11.3 Å². The van der Waals surface area contributed by atoms with E-state index in [2.05, 4.69) is 4.98 Å². The Hall–Kier alpha value is -1.06. The van der Waals surface area contributed by atoms with Crippen LogP contribution in [0.2, 0.25) is 0 Å². The molecule has 2 aromatic rings. The van der Waals surface area contributed by atoms with Gasteiger partial charge in [0.05, 0.1) is 17.8 Å². The van der Waals surface area contributed by atoms with Gasteiger partial charge in [-0.15, -0.1) is 12.4 Å². The molecular formula is C9H12ClN3. The van der Waals surface area contributed by atoms with E-state index in [-0.39, 0.29) is 18.4 Å². The molecule has 0 saturated heterocycles. The van der Waals surface area contributed by atoms with Crippen molar-refractivity contribution in [2.24, 2.45) is 5.73 Å². The highest BCUT2D eigenvalue weighted by molar-refractivity contribution is 5.85. The first-order valence-corrected chi connectivity index (χ1v) is 3.96. The first-order chi connectivity index (χ1) is 5.79. The Morgan fingerprint density at radius 2 is 2.23 bits per heavy atom. The predicted molar refractivity (Wildman–Crippen MR) is 55.0 cm³/mol. The van der Waals surface area contributed by atoms with Gasteiger partial charge in [-0.3, -0.25) is 0 Å². The fourth-order valence-corrected chi connectivity index (χ4v) is 1.30. The molecule has 0 aliphatic heterocycles. The van der Waals surface area contributed by atoms with Gasteiger partial charge in [0.15, 0.2) is 0 Å². The summed E-state index contributed by atoms with van der Waals surface area (Å²) in [7, 11) is 0. The molecule has 13 heavy (non-hydrogen) atoms. The highest BCUT2D eigenvalue weighted by atomic mass is 35.5. The number of halogens is 1. The van der Waals surface area contributed by atoms with Crippen molar-refractivity contribution < 1.29 is 0 Å². The third-order valence-corrected chi connectivity index (χ3v) is 1.87. The van der Waals surface area contributed by atoms with Gasteiger partial charge >= 0.3 is 0 Å². The fourth-order valence-electron chi connectivity index (χ4n) is 1.30. The molecule has 3 nitrogen and oxygen atoms in total. The van der Waals surface area contributed by atoms with Gasteiger partial charge in [0, 0.05) is 6.20 Å². The van der Waals surface area contributed by atoms with Crippen LogP contribution in [0.15, 0.2) is 30.6 Å². The molecule has 70 valence electrons. The second-order valence-electron chi connectivity index (χ2n) is 2.90. The molecule has 0 spiro atoms. The Bertz CT molecular complexity index is 394. The Morgan fingerprint density at radius 1 is 1.46 bits per heavy atom. The molecule has 0 aliphatic rings. The minimum Gasteiger partial charge on any atom is -0.322 e. The molecule has 2 aromatic heterocycles. The molecule has 2 N–H and O–H groups in total. The minimum atomic E-state index is -0.0186. The van der Waals surface area contributed by atoms with Crippen LogP contribution < -0.4 is 5.73 Å². The lowest BCUT2D eigenvalue weighted by Gasteiger charge is -2.02. The summed E-state index contributed by atoms with van der Waals surface area (Å²) in [6.07, 6.45) is 3.81. The van der Waals surface area contributed by atoms with E-state index < -0.39 is 0 Å². The van der Waals surface area contributed by atoms with Crippen molar-refractivity contribution in [2.75, 3.05) is 0 Å². The summed E-state index contributed by atoms with van der Waals surface area (Å²) < 4.78 is 2.00. The third kappa shape index (κ3) is 1.66. The molecule has 0 aliphatic carbocycles. The van der Waals surface area contributed by atoms with E-state index in [1.807, 2.05) is 41.9 Å². The summed E-state index contributed by atoms with van der Waals surface area (Å²) >= 11 is 0. The summed E-state index contributed by atoms with van der Waals surface area (Å²) in [4.78, 5) is 4.23. The molecule has 1 unspecified atom stereocenters. The van der Waals surface area contributed by atoms with E-state index >= 15 is 0 Å². The average molecular weight is 198 g/mol. The van der Waals surface area contributed by atoms with Gasteiger partial charge in [-0.2, -0.15) is 0 Å². The molecule has 0 saturated carbocycles. The van der Waals surface area contributed by atoms with Crippen LogP contribution in [-0.2, 0) is 0 Å². The number of imidazole rings is 1. The SMILES string of the molecule is CC(N)c1ncc2ccccn12.Cl. The molecule has 2 rings (SSSR count). The average Bonchev–Trinajstić information content (AvgIpc) is 2.47. The molecule has 2 heterocycles. The number of aromatic nitrogens is 2. The standard InChI is InChI=1S/C9H11N3.ClH/c1-7(10)9-11-6-8-4-2-3-5-12(8)9;/h2-7H,10H2,1H3;1H. The van der Waals surface area contributed by atoms with Gasteiger partial charge in [-0.05, 0) is 19.1 Å². The van der Waals surface area contributed by atoms with Gasteiger partial charge in [0.1, 0.15) is 5.82 Å². The first-order valence-electron chi connectivity index (χ1n) is 3.96. The van der Waals surface area contributed by atoms with Crippen molar-refractivity contribution in [1.82, 2.24) is 9.38 Å². The summed E-state index contributed by atoms with van der Waals surface area (Å²) in [5.41, 5.74) is 6.83. The van der Waals surface area contributed by atoms with E-state index in [1.54, 1.807) is 0 Å². The van der Waals surface area contributed by atoms with Crippen molar-refractivity contribution in [2.45, 2.75) is 13.0 Å². The lowest BCUT2D eigenvalue weighted by atomic mass is 10.3. The van der Waals surface area contributed by atoms with Crippen molar-refractivity contribution in [3.8, 4) is 0 Å². The quantitative estimate of drug-likeness (QED) is 0.758. The molecule has 0 radical (unpaired) electrons. The maximum Gasteiger partial charge on any atom is 0.129 e. The lowest BCUT2D eigenvalue weighted by Crippen LogP contribution is -2.09. The smallest absolute Gasteiger partial charge is 0.129 e. The summed E-state index contributed by atoms with van der Waals surface area (Å²) in [6, 6.07) is 5.96. The van der Waals surface area contributed by atoms with Crippen molar-refractivity contribution >= 4 is 17.9 Å². The number of hydrogen-bond donors (Lipinski definition) is 1. The third-order valence-electron chi connectivity index (χ3n) is 1.87. The molecule has 0 amide bonds. The summed E-state index contributed by atoms with van der Waals surface area (Å²) in [5.74, 6) is 0.908. The zero-order chi connectivity index (χ0) is 8.55. The van der Waals surface area contributed by atoms with Crippen LogP contribution in [0.25, 0.3) is 5.52 Å². The molecule has 4 heteroatoms. The van der Waals surface area contributed by atoms with Crippen LogP contribution in [0.1, 0.15) is 18.8 Å². The Balaban J connectivity index is 0.000000845. The highest BCUT2D eigenvalue weighted by Gasteiger charge is 2.05.